The molecule has 0 aliphatic heterocycles. The topological polar surface area (TPSA) is 64.4 Å². The lowest BCUT2D eigenvalue weighted by Crippen LogP contribution is -2.19. The maximum Gasteiger partial charge on any atom is 0.333 e. The number of ether oxygens (including phenoxy) is 1. The minimum Gasteiger partial charge on any atom is -0.490 e. The standard InChI is InChI=1S/C14H20N2O3/c1-3-11(9-10-7-8-10)15-12-5-4-6-13(19-2)14(12)16(17)18/h4-6,10-11,15H,3,7-9H2,1-2H3. The number of anilines is 1. The predicted molar refractivity (Wildman–Crippen MR) is 74.7 cm³/mol. The third kappa shape index (κ3) is 3.36. The van der Waals surface area contributed by atoms with Gasteiger partial charge in [0.2, 0.25) is 0 Å². The van der Waals surface area contributed by atoms with Gasteiger partial charge in [-0.2, -0.15) is 0 Å². The van der Waals surface area contributed by atoms with Crippen LogP contribution in [0.15, 0.2) is 18.2 Å². The van der Waals surface area contributed by atoms with E-state index in [1.807, 2.05) is 0 Å². The van der Waals surface area contributed by atoms with Crippen LogP contribution in [-0.4, -0.2) is 18.1 Å². The number of para-hydroxylation sites is 1. The van der Waals surface area contributed by atoms with Crippen molar-refractivity contribution < 1.29 is 9.66 Å². The molecule has 1 unspecified atom stereocenters. The Balaban J connectivity index is 2.19. The minimum atomic E-state index is -0.384. The normalized spacial score (nSPS) is 15.9. The third-order valence-corrected chi connectivity index (χ3v) is 3.57. The molecule has 1 aromatic rings. The number of nitro benzene ring substituents is 1. The molecule has 1 aliphatic rings. The van der Waals surface area contributed by atoms with E-state index >= 15 is 0 Å². The van der Waals surface area contributed by atoms with Crippen molar-refractivity contribution in [1.29, 1.82) is 0 Å². The zero-order valence-corrected chi connectivity index (χ0v) is 11.4. The summed E-state index contributed by atoms with van der Waals surface area (Å²) >= 11 is 0. The molecule has 0 heterocycles. The molecule has 1 saturated carbocycles. The van der Waals surface area contributed by atoms with Crippen LogP contribution in [0.4, 0.5) is 11.4 Å². The number of rotatable bonds is 7. The Kier molecular flexibility index (Phi) is 4.24. The quantitative estimate of drug-likeness (QED) is 0.603. The molecule has 2 rings (SSSR count). The lowest BCUT2D eigenvalue weighted by molar-refractivity contribution is -0.384. The van der Waals surface area contributed by atoms with Gasteiger partial charge in [0.15, 0.2) is 5.75 Å². The molecular formula is C14H20N2O3. The monoisotopic (exact) mass is 264 g/mol. The minimum absolute atomic E-state index is 0.0271. The Labute approximate surface area is 113 Å². The Morgan fingerprint density at radius 1 is 1.53 bits per heavy atom. The van der Waals surface area contributed by atoms with Gasteiger partial charge in [-0.3, -0.25) is 10.1 Å². The molecule has 1 fully saturated rings. The zero-order chi connectivity index (χ0) is 13.8. The van der Waals surface area contributed by atoms with Gasteiger partial charge in [0.25, 0.3) is 0 Å². The number of nitrogens with zero attached hydrogens (tertiary/aromatic N) is 1. The summed E-state index contributed by atoms with van der Waals surface area (Å²) in [6, 6.07) is 5.43. The van der Waals surface area contributed by atoms with Gasteiger partial charge < -0.3 is 10.1 Å². The Hall–Kier alpha value is -1.78. The smallest absolute Gasteiger partial charge is 0.333 e. The molecule has 1 N–H and O–H groups in total. The van der Waals surface area contributed by atoms with Gasteiger partial charge in [-0.15, -0.1) is 0 Å². The van der Waals surface area contributed by atoms with E-state index in [1.54, 1.807) is 18.2 Å². The van der Waals surface area contributed by atoms with Crippen LogP contribution < -0.4 is 10.1 Å². The first-order valence-electron chi connectivity index (χ1n) is 6.73. The Morgan fingerprint density at radius 2 is 2.26 bits per heavy atom. The van der Waals surface area contributed by atoms with Crippen LogP contribution in [-0.2, 0) is 0 Å². The van der Waals surface area contributed by atoms with Crippen molar-refractivity contribution in [3.63, 3.8) is 0 Å². The van der Waals surface area contributed by atoms with Crippen LogP contribution >= 0.6 is 0 Å². The first-order valence-corrected chi connectivity index (χ1v) is 6.73. The maximum atomic E-state index is 11.2. The first kappa shape index (κ1) is 13.6. The van der Waals surface area contributed by atoms with Crippen LogP contribution in [0.3, 0.4) is 0 Å². The SMILES string of the molecule is CCC(CC1CC1)Nc1cccc(OC)c1[N+](=O)[O-]. The molecule has 104 valence electrons. The molecule has 1 aliphatic carbocycles. The van der Waals surface area contributed by atoms with Gasteiger partial charge in [-0.1, -0.05) is 25.8 Å². The third-order valence-electron chi connectivity index (χ3n) is 3.57. The van der Waals surface area contributed by atoms with E-state index in [-0.39, 0.29) is 10.6 Å². The largest absolute Gasteiger partial charge is 0.490 e. The van der Waals surface area contributed by atoms with E-state index in [9.17, 15) is 10.1 Å². The fraction of sp³-hybridized carbons (Fsp3) is 0.571. The molecule has 0 amide bonds. The summed E-state index contributed by atoms with van der Waals surface area (Å²) in [5.74, 6) is 1.10. The number of nitro groups is 1. The second-order valence-electron chi connectivity index (χ2n) is 5.04. The molecule has 5 heteroatoms. The van der Waals surface area contributed by atoms with Gasteiger partial charge in [0.05, 0.1) is 12.0 Å². The summed E-state index contributed by atoms with van der Waals surface area (Å²) in [6.07, 6.45) is 4.63. The summed E-state index contributed by atoms with van der Waals surface area (Å²) in [6.45, 7) is 2.10. The van der Waals surface area contributed by atoms with Crippen LogP contribution in [0.25, 0.3) is 0 Å². The van der Waals surface area contributed by atoms with Gasteiger partial charge in [-0.05, 0) is 30.9 Å². The summed E-state index contributed by atoms with van der Waals surface area (Å²) in [7, 11) is 1.45. The van der Waals surface area contributed by atoms with Gasteiger partial charge in [-0.25, -0.2) is 0 Å². The number of hydrogen-bond donors (Lipinski definition) is 1. The molecule has 0 spiro atoms. The lowest BCUT2D eigenvalue weighted by Gasteiger charge is -2.18. The van der Waals surface area contributed by atoms with Crippen molar-refractivity contribution in [1.82, 2.24) is 0 Å². The highest BCUT2D eigenvalue weighted by Gasteiger charge is 2.27. The molecule has 1 aromatic carbocycles. The second kappa shape index (κ2) is 5.91. The average molecular weight is 264 g/mol. The molecule has 19 heavy (non-hydrogen) atoms. The summed E-state index contributed by atoms with van der Waals surface area (Å²) in [4.78, 5) is 10.8. The fourth-order valence-electron chi connectivity index (χ4n) is 2.30. The van der Waals surface area contributed by atoms with Gasteiger partial charge in [0.1, 0.15) is 5.69 Å². The summed E-state index contributed by atoms with van der Waals surface area (Å²) < 4.78 is 5.07. The highest BCUT2D eigenvalue weighted by molar-refractivity contribution is 5.68. The number of methoxy groups -OCH3 is 1. The van der Waals surface area contributed by atoms with Gasteiger partial charge in [0, 0.05) is 6.04 Å². The molecule has 0 bridgehead atoms. The molecule has 0 aromatic heterocycles. The van der Waals surface area contributed by atoms with E-state index in [0.29, 0.717) is 17.5 Å². The molecule has 1 atom stereocenters. The molecule has 5 nitrogen and oxygen atoms in total. The second-order valence-corrected chi connectivity index (χ2v) is 5.04. The Bertz CT molecular complexity index is 458. The summed E-state index contributed by atoms with van der Waals surface area (Å²) in [5, 5.41) is 14.5. The van der Waals surface area contributed by atoms with Crippen molar-refractivity contribution in [2.24, 2.45) is 5.92 Å². The average Bonchev–Trinajstić information content (AvgIpc) is 3.21. The Morgan fingerprint density at radius 3 is 2.79 bits per heavy atom. The zero-order valence-electron chi connectivity index (χ0n) is 11.4. The molecular weight excluding hydrogens is 244 g/mol. The van der Waals surface area contributed by atoms with Crippen LogP contribution in [0, 0.1) is 16.0 Å². The van der Waals surface area contributed by atoms with Crippen molar-refractivity contribution in [2.75, 3.05) is 12.4 Å². The maximum absolute atomic E-state index is 11.2. The highest BCUT2D eigenvalue weighted by atomic mass is 16.6. The van der Waals surface area contributed by atoms with Gasteiger partial charge >= 0.3 is 5.69 Å². The number of benzene rings is 1. The first-order chi connectivity index (χ1) is 9.15. The number of hydrogen-bond acceptors (Lipinski definition) is 4. The van der Waals surface area contributed by atoms with E-state index in [4.69, 9.17) is 4.74 Å². The van der Waals surface area contributed by atoms with Crippen LogP contribution in [0.5, 0.6) is 5.75 Å². The predicted octanol–water partition coefficient (Wildman–Crippen LogP) is 3.59. The van der Waals surface area contributed by atoms with E-state index < -0.39 is 0 Å². The van der Waals surface area contributed by atoms with Crippen molar-refractivity contribution in [3.8, 4) is 5.75 Å². The van der Waals surface area contributed by atoms with Crippen molar-refractivity contribution in [3.05, 3.63) is 28.3 Å². The molecule has 0 radical (unpaired) electrons. The lowest BCUT2D eigenvalue weighted by atomic mass is 10.1. The van der Waals surface area contributed by atoms with Crippen LogP contribution in [0.1, 0.15) is 32.6 Å². The van der Waals surface area contributed by atoms with Crippen molar-refractivity contribution in [2.45, 2.75) is 38.6 Å². The van der Waals surface area contributed by atoms with Crippen molar-refractivity contribution >= 4 is 11.4 Å². The fourth-order valence-corrected chi connectivity index (χ4v) is 2.30. The van der Waals surface area contributed by atoms with E-state index in [2.05, 4.69) is 12.2 Å². The summed E-state index contributed by atoms with van der Waals surface area (Å²) in [5.41, 5.74) is 0.580. The molecule has 0 saturated heterocycles. The van der Waals surface area contributed by atoms with E-state index in [1.165, 1.54) is 20.0 Å². The highest BCUT2D eigenvalue weighted by Crippen LogP contribution is 2.38. The van der Waals surface area contributed by atoms with Crippen LogP contribution in [0.2, 0.25) is 0 Å². The van der Waals surface area contributed by atoms with E-state index in [0.717, 1.165) is 18.8 Å². The number of nitrogens with one attached hydrogen (secondary N) is 1.